The highest BCUT2D eigenvalue weighted by Gasteiger charge is 2.35. The van der Waals surface area contributed by atoms with Crippen molar-refractivity contribution in [2.45, 2.75) is 51.2 Å². The maximum atomic E-state index is 13.0. The third-order valence-corrected chi connectivity index (χ3v) is 5.27. The Balaban J connectivity index is 1.59. The molecule has 1 N–H and O–H groups in total. The monoisotopic (exact) mass is 418 g/mol. The second-order valence-electron chi connectivity index (χ2n) is 7.55. The highest BCUT2D eigenvalue weighted by Crippen LogP contribution is 2.19. The van der Waals surface area contributed by atoms with Gasteiger partial charge in [0.15, 0.2) is 0 Å². The predicted octanol–water partition coefficient (Wildman–Crippen LogP) is 1.92. The van der Waals surface area contributed by atoms with E-state index in [1.165, 1.54) is 4.90 Å². The molecule has 2 aliphatic heterocycles. The minimum absolute atomic E-state index is 0.0788. The Kier molecular flexibility index (Phi) is 8.07. The van der Waals surface area contributed by atoms with Crippen LogP contribution in [0.15, 0.2) is 24.3 Å². The number of carbonyl (C=O) groups is 3. The van der Waals surface area contributed by atoms with Crippen LogP contribution in [0.1, 0.15) is 49.4 Å². The molecule has 0 aliphatic carbocycles. The molecule has 8 nitrogen and oxygen atoms in total. The molecule has 30 heavy (non-hydrogen) atoms. The van der Waals surface area contributed by atoms with Crippen LogP contribution in [-0.4, -0.2) is 67.7 Å². The number of benzene rings is 1. The second-order valence-corrected chi connectivity index (χ2v) is 7.55. The van der Waals surface area contributed by atoms with Crippen LogP contribution < -0.4 is 10.1 Å². The van der Waals surface area contributed by atoms with Crippen molar-refractivity contribution in [2.75, 3.05) is 32.9 Å². The van der Waals surface area contributed by atoms with Crippen molar-refractivity contribution in [2.24, 2.45) is 0 Å². The minimum Gasteiger partial charge on any atom is -0.494 e. The number of rotatable bonds is 9. The molecule has 0 radical (unpaired) electrons. The molecule has 164 valence electrons. The molecule has 8 heteroatoms. The molecule has 0 bridgehead atoms. The number of nitrogens with zero attached hydrogens (tertiary/aromatic N) is 1. The fourth-order valence-electron chi connectivity index (χ4n) is 3.53. The summed E-state index contributed by atoms with van der Waals surface area (Å²) in [6, 6.07) is 5.98. The van der Waals surface area contributed by atoms with Gasteiger partial charge in [-0.05, 0) is 43.5 Å². The van der Waals surface area contributed by atoms with Gasteiger partial charge in [-0.25, -0.2) is 0 Å². The van der Waals surface area contributed by atoms with E-state index in [-0.39, 0.29) is 30.9 Å². The van der Waals surface area contributed by atoms with Gasteiger partial charge in [-0.1, -0.05) is 13.3 Å². The van der Waals surface area contributed by atoms with Gasteiger partial charge in [0.1, 0.15) is 18.4 Å². The van der Waals surface area contributed by atoms with E-state index >= 15 is 0 Å². The zero-order valence-corrected chi connectivity index (χ0v) is 17.4. The molecule has 2 atom stereocenters. The van der Waals surface area contributed by atoms with Crippen molar-refractivity contribution in [1.29, 1.82) is 0 Å². The molecule has 2 saturated heterocycles. The Bertz CT molecular complexity index is 730. The smallest absolute Gasteiger partial charge is 0.308 e. The first-order valence-corrected chi connectivity index (χ1v) is 10.7. The SMILES string of the molecule is CCCCOc1ccc(C(=O)N2CCNC(=O)[C@@H]2CC(=O)OC[C@H]2CCCO2)cc1. The van der Waals surface area contributed by atoms with Gasteiger partial charge in [0.05, 0.1) is 19.1 Å². The molecular weight excluding hydrogens is 388 g/mol. The molecule has 0 spiro atoms. The average molecular weight is 418 g/mol. The minimum atomic E-state index is -0.885. The van der Waals surface area contributed by atoms with E-state index in [1.54, 1.807) is 24.3 Å². The first-order chi connectivity index (χ1) is 14.6. The van der Waals surface area contributed by atoms with Crippen molar-refractivity contribution < 1.29 is 28.6 Å². The maximum absolute atomic E-state index is 13.0. The van der Waals surface area contributed by atoms with Gasteiger partial charge in [0.2, 0.25) is 5.91 Å². The van der Waals surface area contributed by atoms with E-state index in [0.717, 1.165) is 25.7 Å². The van der Waals surface area contributed by atoms with Crippen LogP contribution in [-0.2, 0) is 19.1 Å². The average Bonchev–Trinajstić information content (AvgIpc) is 3.28. The van der Waals surface area contributed by atoms with Gasteiger partial charge < -0.3 is 24.4 Å². The summed E-state index contributed by atoms with van der Waals surface area (Å²) in [6.07, 6.45) is 3.57. The Morgan fingerprint density at radius 3 is 2.77 bits per heavy atom. The second kappa shape index (κ2) is 11.0. The number of amides is 2. The summed E-state index contributed by atoms with van der Waals surface area (Å²) in [6.45, 7) is 4.27. The lowest BCUT2D eigenvalue weighted by Crippen LogP contribution is -2.57. The van der Waals surface area contributed by atoms with Crippen LogP contribution in [0.3, 0.4) is 0 Å². The third-order valence-electron chi connectivity index (χ3n) is 5.27. The Hall–Kier alpha value is -2.61. The largest absolute Gasteiger partial charge is 0.494 e. The Labute approximate surface area is 176 Å². The first kappa shape index (κ1) is 22.1. The van der Waals surface area contributed by atoms with E-state index in [1.807, 2.05) is 0 Å². The number of esters is 1. The fourth-order valence-corrected chi connectivity index (χ4v) is 3.53. The summed E-state index contributed by atoms with van der Waals surface area (Å²) in [5.41, 5.74) is 0.449. The molecule has 2 fully saturated rings. The summed E-state index contributed by atoms with van der Waals surface area (Å²) in [5.74, 6) is -0.444. The zero-order chi connectivity index (χ0) is 21.3. The predicted molar refractivity (Wildman–Crippen MR) is 109 cm³/mol. The molecule has 2 heterocycles. The first-order valence-electron chi connectivity index (χ1n) is 10.7. The maximum Gasteiger partial charge on any atom is 0.308 e. The van der Waals surface area contributed by atoms with Crippen LogP contribution in [0.4, 0.5) is 0 Å². The van der Waals surface area contributed by atoms with Gasteiger partial charge in [-0.15, -0.1) is 0 Å². The molecule has 0 unspecified atom stereocenters. The summed E-state index contributed by atoms with van der Waals surface area (Å²) < 4.78 is 16.3. The third kappa shape index (κ3) is 5.95. The molecule has 2 amide bonds. The number of piperazine rings is 1. The lowest BCUT2D eigenvalue weighted by molar-refractivity contribution is -0.150. The molecule has 0 saturated carbocycles. The topological polar surface area (TPSA) is 94.2 Å². The van der Waals surface area contributed by atoms with Gasteiger partial charge in [-0.2, -0.15) is 0 Å². The molecule has 2 aliphatic rings. The molecule has 1 aromatic rings. The lowest BCUT2D eigenvalue weighted by Gasteiger charge is -2.34. The molecular formula is C22H30N2O6. The quantitative estimate of drug-likeness (QED) is 0.486. The van der Waals surface area contributed by atoms with Crippen LogP contribution in [0.5, 0.6) is 5.75 Å². The zero-order valence-electron chi connectivity index (χ0n) is 17.4. The number of hydrogen-bond acceptors (Lipinski definition) is 6. The number of unbranched alkanes of at least 4 members (excludes halogenated alkanes) is 1. The van der Waals surface area contributed by atoms with Crippen molar-refractivity contribution in [3.05, 3.63) is 29.8 Å². The molecule has 0 aromatic heterocycles. The Morgan fingerprint density at radius 2 is 2.07 bits per heavy atom. The van der Waals surface area contributed by atoms with Gasteiger partial charge in [-0.3, -0.25) is 14.4 Å². The number of nitrogens with one attached hydrogen (secondary N) is 1. The molecule has 1 aromatic carbocycles. The Morgan fingerprint density at radius 1 is 1.27 bits per heavy atom. The standard InChI is InChI=1S/C22H30N2O6/c1-2-3-12-28-17-8-6-16(7-9-17)22(27)24-11-10-23-21(26)19(24)14-20(25)30-15-18-5-4-13-29-18/h6-9,18-19H,2-5,10-15H2,1H3,(H,23,26)/t18-,19+/m1/s1. The number of carbonyl (C=O) groups excluding carboxylic acids is 3. The van der Waals surface area contributed by atoms with Gasteiger partial charge in [0, 0.05) is 25.3 Å². The molecule has 3 rings (SSSR count). The highest BCUT2D eigenvalue weighted by atomic mass is 16.6. The fraction of sp³-hybridized carbons (Fsp3) is 0.591. The summed E-state index contributed by atoms with van der Waals surface area (Å²) in [7, 11) is 0. The van der Waals surface area contributed by atoms with E-state index < -0.39 is 12.0 Å². The van der Waals surface area contributed by atoms with E-state index in [4.69, 9.17) is 14.2 Å². The van der Waals surface area contributed by atoms with Crippen molar-refractivity contribution >= 4 is 17.8 Å². The van der Waals surface area contributed by atoms with Gasteiger partial charge in [0.25, 0.3) is 5.91 Å². The summed E-state index contributed by atoms with van der Waals surface area (Å²) in [4.78, 5) is 39.1. The summed E-state index contributed by atoms with van der Waals surface area (Å²) in [5, 5.41) is 2.72. The lowest BCUT2D eigenvalue weighted by atomic mass is 10.1. The summed E-state index contributed by atoms with van der Waals surface area (Å²) >= 11 is 0. The van der Waals surface area contributed by atoms with Crippen molar-refractivity contribution in [3.8, 4) is 5.75 Å². The highest BCUT2D eigenvalue weighted by molar-refractivity contribution is 5.99. The normalized spacial score (nSPS) is 21.2. The number of hydrogen-bond donors (Lipinski definition) is 1. The van der Waals surface area contributed by atoms with Crippen LogP contribution in [0.2, 0.25) is 0 Å². The van der Waals surface area contributed by atoms with Crippen molar-refractivity contribution in [1.82, 2.24) is 10.2 Å². The van der Waals surface area contributed by atoms with Crippen LogP contribution in [0.25, 0.3) is 0 Å². The van der Waals surface area contributed by atoms with E-state index in [2.05, 4.69) is 12.2 Å². The van der Waals surface area contributed by atoms with Gasteiger partial charge >= 0.3 is 5.97 Å². The van der Waals surface area contributed by atoms with Crippen LogP contribution in [0, 0.1) is 0 Å². The van der Waals surface area contributed by atoms with Crippen LogP contribution >= 0.6 is 0 Å². The van der Waals surface area contributed by atoms with E-state index in [0.29, 0.717) is 37.6 Å². The number of ether oxygens (including phenoxy) is 3. The van der Waals surface area contributed by atoms with E-state index in [9.17, 15) is 14.4 Å². The van der Waals surface area contributed by atoms with Crippen molar-refractivity contribution in [3.63, 3.8) is 0 Å².